The van der Waals surface area contributed by atoms with Crippen molar-refractivity contribution < 1.29 is 9.53 Å². The lowest BCUT2D eigenvalue weighted by atomic mass is 10.00. The number of morpholine rings is 1. The first-order valence-electron chi connectivity index (χ1n) is 9.70. The van der Waals surface area contributed by atoms with E-state index in [9.17, 15) is 4.79 Å². The molecule has 0 aromatic carbocycles. The summed E-state index contributed by atoms with van der Waals surface area (Å²) in [7, 11) is 0. The van der Waals surface area contributed by atoms with E-state index in [1.807, 2.05) is 24.4 Å². The van der Waals surface area contributed by atoms with Crippen molar-refractivity contribution in [2.45, 2.75) is 52.0 Å². The Kier molecular flexibility index (Phi) is 6.31. The molecule has 2 N–H and O–H groups in total. The van der Waals surface area contributed by atoms with Crippen LogP contribution < -0.4 is 10.6 Å². The van der Waals surface area contributed by atoms with E-state index in [1.54, 1.807) is 17.1 Å². The Labute approximate surface area is 166 Å². The SMILES string of the molecule is C[C@@H]1CN(C(C)(C)CNC(=O)NCc2ccc(-n3cccn3)nc2)C[C@@H](C)O1. The lowest BCUT2D eigenvalue weighted by molar-refractivity contribution is -0.0947. The zero-order valence-corrected chi connectivity index (χ0v) is 17.1. The van der Waals surface area contributed by atoms with E-state index >= 15 is 0 Å². The van der Waals surface area contributed by atoms with Crippen LogP contribution in [0.1, 0.15) is 33.3 Å². The van der Waals surface area contributed by atoms with Gasteiger partial charge in [0.25, 0.3) is 0 Å². The van der Waals surface area contributed by atoms with Crippen LogP contribution in [0.3, 0.4) is 0 Å². The largest absolute Gasteiger partial charge is 0.373 e. The van der Waals surface area contributed by atoms with Gasteiger partial charge >= 0.3 is 6.03 Å². The monoisotopic (exact) mass is 386 g/mol. The fourth-order valence-corrected chi connectivity index (χ4v) is 3.39. The fraction of sp³-hybridized carbons (Fsp3) is 0.550. The van der Waals surface area contributed by atoms with Crippen molar-refractivity contribution in [1.82, 2.24) is 30.3 Å². The molecule has 1 aliphatic rings. The molecule has 1 aliphatic heterocycles. The molecule has 8 nitrogen and oxygen atoms in total. The molecule has 1 fully saturated rings. The highest BCUT2D eigenvalue weighted by molar-refractivity contribution is 5.73. The molecule has 0 unspecified atom stereocenters. The number of hydrogen-bond donors (Lipinski definition) is 2. The van der Waals surface area contributed by atoms with Crippen LogP contribution in [-0.2, 0) is 11.3 Å². The molecule has 152 valence electrons. The summed E-state index contributed by atoms with van der Waals surface area (Å²) >= 11 is 0. The minimum Gasteiger partial charge on any atom is -0.373 e. The molecule has 3 heterocycles. The van der Waals surface area contributed by atoms with Crippen LogP contribution in [0.25, 0.3) is 5.82 Å². The first-order chi connectivity index (χ1) is 13.3. The van der Waals surface area contributed by atoms with E-state index in [4.69, 9.17) is 4.74 Å². The predicted molar refractivity (Wildman–Crippen MR) is 107 cm³/mol. The molecule has 1 saturated heterocycles. The van der Waals surface area contributed by atoms with Crippen molar-refractivity contribution in [2.75, 3.05) is 19.6 Å². The number of carbonyl (C=O) groups excluding carboxylic acids is 1. The standard InChI is InChI=1S/C20H30N6O2/c1-15-12-25(13-16(2)28-15)20(3,4)14-23-19(27)22-11-17-6-7-18(21-10-17)26-9-5-8-24-26/h5-10,15-16H,11-14H2,1-4H3,(H2,22,23,27)/t15-,16-/m1/s1. The molecule has 3 rings (SSSR count). The van der Waals surface area contributed by atoms with Crippen molar-refractivity contribution in [3.63, 3.8) is 0 Å². The summed E-state index contributed by atoms with van der Waals surface area (Å²) < 4.78 is 7.50. The van der Waals surface area contributed by atoms with E-state index < -0.39 is 0 Å². The van der Waals surface area contributed by atoms with Crippen LogP contribution in [0.5, 0.6) is 0 Å². The minimum absolute atomic E-state index is 0.142. The summed E-state index contributed by atoms with van der Waals surface area (Å²) in [5, 5.41) is 10.0. The van der Waals surface area contributed by atoms with Gasteiger partial charge in [-0.2, -0.15) is 5.10 Å². The number of amides is 2. The maximum Gasteiger partial charge on any atom is 0.315 e. The molecule has 2 aromatic heterocycles. The summed E-state index contributed by atoms with van der Waals surface area (Å²) in [6.45, 7) is 11.2. The van der Waals surface area contributed by atoms with Gasteiger partial charge in [-0.15, -0.1) is 0 Å². The van der Waals surface area contributed by atoms with Crippen molar-refractivity contribution in [1.29, 1.82) is 0 Å². The van der Waals surface area contributed by atoms with Gasteiger partial charge in [0.1, 0.15) is 0 Å². The fourth-order valence-electron chi connectivity index (χ4n) is 3.39. The number of ether oxygens (including phenoxy) is 1. The maximum atomic E-state index is 12.2. The quantitative estimate of drug-likeness (QED) is 0.793. The lowest BCUT2D eigenvalue weighted by Gasteiger charge is -2.45. The topological polar surface area (TPSA) is 84.3 Å². The highest BCUT2D eigenvalue weighted by Gasteiger charge is 2.33. The highest BCUT2D eigenvalue weighted by atomic mass is 16.5. The number of rotatable bonds is 6. The molecule has 0 aliphatic carbocycles. The normalized spacial score (nSPS) is 20.7. The van der Waals surface area contributed by atoms with E-state index in [1.165, 1.54) is 0 Å². The summed E-state index contributed by atoms with van der Waals surface area (Å²) in [6, 6.07) is 5.48. The molecule has 2 aromatic rings. The van der Waals surface area contributed by atoms with E-state index in [-0.39, 0.29) is 23.8 Å². The Morgan fingerprint density at radius 1 is 1.25 bits per heavy atom. The molecule has 0 saturated carbocycles. The number of pyridine rings is 1. The number of aromatic nitrogens is 3. The molecule has 0 spiro atoms. The molecular weight excluding hydrogens is 356 g/mol. The van der Waals surface area contributed by atoms with Crippen LogP contribution in [0.2, 0.25) is 0 Å². The van der Waals surface area contributed by atoms with Crippen molar-refractivity contribution in [3.8, 4) is 5.82 Å². The third kappa shape index (κ3) is 5.30. The molecule has 2 amide bonds. The number of urea groups is 1. The second kappa shape index (κ2) is 8.70. The molecular formula is C20H30N6O2. The van der Waals surface area contributed by atoms with Crippen LogP contribution in [0.4, 0.5) is 4.79 Å². The van der Waals surface area contributed by atoms with Gasteiger partial charge in [-0.25, -0.2) is 14.5 Å². The van der Waals surface area contributed by atoms with Gasteiger partial charge < -0.3 is 15.4 Å². The smallest absolute Gasteiger partial charge is 0.315 e. The Bertz CT molecular complexity index is 750. The minimum atomic E-state index is -0.182. The maximum absolute atomic E-state index is 12.2. The molecule has 0 bridgehead atoms. The Hall–Kier alpha value is -2.45. The van der Waals surface area contributed by atoms with Gasteiger partial charge in [-0.05, 0) is 45.4 Å². The van der Waals surface area contributed by atoms with Gasteiger partial charge in [-0.1, -0.05) is 6.07 Å². The lowest BCUT2D eigenvalue weighted by Crippen LogP contribution is -2.59. The van der Waals surface area contributed by atoms with Crippen LogP contribution in [0.15, 0.2) is 36.8 Å². The first-order valence-corrected chi connectivity index (χ1v) is 9.70. The first kappa shape index (κ1) is 20.3. The molecule has 0 radical (unpaired) electrons. The molecule has 2 atom stereocenters. The molecule has 8 heteroatoms. The Balaban J connectivity index is 1.45. The van der Waals surface area contributed by atoms with Gasteiger partial charge in [0, 0.05) is 50.3 Å². The van der Waals surface area contributed by atoms with Crippen molar-refractivity contribution >= 4 is 6.03 Å². The summed E-state index contributed by atoms with van der Waals surface area (Å²) in [5.41, 5.74) is 0.789. The van der Waals surface area contributed by atoms with Gasteiger partial charge in [0.05, 0.1) is 12.2 Å². The van der Waals surface area contributed by atoms with E-state index in [0.29, 0.717) is 13.1 Å². The molecule has 28 heavy (non-hydrogen) atoms. The van der Waals surface area contributed by atoms with E-state index in [2.05, 4.69) is 53.3 Å². The summed E-state index contributed by atoms with van der Waals surface area (Å²) in [5.74, 6) is 0.744. The average Bonchev–Trinajstić information content (AvgIpc) is 3.19. The average molecular weight is 387 g/mol. The summed E-state index contributed by atoms with van der Waals surface area (Å²) in [6.07, 6.45) is 5.70. The predicted octanol–water partition coefficient (Wildman–Crippen LogP) is 1.95. The third-order valence-electron chi connectivity index (χ3n) is 4.96. The third-order valence-corrected chi connectivity index (χ3v) is 4.96. The Morgan fingerprint density at radius 3 is 2.61 bits per heavy atom. The van der Waals surface area contributed by atoms with Gasteiger partial charge in [0.15, 0.2) is 5.82 Å². The number of nitrogens with zero attached hydrogens (tertiary/aromatic N) is 4. The Morgan fingerprint density at radius 2 is 2.00 bits per heavy atom. The van der Waals surface area contributed by atoms with Crippen LogP contribution in [0, 0.1) is 0 Å². The summed E-state index contributed by atoms with van der Waals surface area (Å²) in [4.78, 5) is 19.0. The van der Waals surface area contributed by atoms with Crippen LogP contribution >= 0.6 is 0 Å². The van der Waals surface area contributed by atoms with Crippen molar-refractivity contribution in [2.24, 2.45) is 0 Å². The van der Waals surface area contributed by atoms with Crippen molar-refractivity contribution in [3.05, 3.63) is 42.4 Å². The number of nitrogens with one attached hydrogen (secondary N) is 2. The second-order valence-electron chi connectivity index (χ2n) is 7.99. The van der Waals surface area contributed by atoms with Crippen LogP contribution in [-0.4, -0.2) is 63.1 Å². The zero-order valence-electron chi connectivity index (χ0n) is 17.1. The number of carbonyl (C=O) groups is 1. The number of hydrogen-bond acceptors (Lipinski definition) is 5. The van der Waals surface area contributed by atoms with Gasteiger partial charge in [0.2, 0.25) is 0 Å². The van der Waals surface area contributed by atoms with Gasteiger partial charge in [-0.3, -0.25) is 4.90 Å². The zero-order chi connectivity index (χ0) is 20.1. The van der Waals surface area contributed by atoms with E-state index in [0.717, 1.165) is 24.5 Å². The highest BCUT2D eigenvalue weighted by Crippen LogP contribution is 2.20. The second-order valence-corrected chi connectivity index (χ2v) is 7.99.